The summed E-state index contributed by atoms with van der Waals surface area (Å²) >= 11 is 0. The average Bonchev–Trinajstić information content (AvgIpc) is 3.57. The molecule has 2 aromatic carbocycles. The van der Waals surface area contributed by atoms with Gasteiger partial charge in [-0.2, -0.15) is 10.4 Å². The van der Waals surface area contributed by atoms with Crippen molar-refractivity contribution in [1.82, 2.24) is 15.1 Å². The van der Waals surface area contributed by atoms with Crippen LogP contribution in [0.5, 0.6) is 5.75 Å². The molecule has 3 aromatic rings. The van der Waals surface area contributed by atoms with Crippen LogP contribution in [0.15, 0.2) is 48.5 Å². The second-order valence-electron chi connectivity index (χ2n) is 8.83. The van der Waals surface area contributed by atoms with E-state index in [9.17, 15) is 10.1 Å². The lowest BCUT2D eigenvalue weighted by Crippen LogP contribution is -2.38. The van der Waals surface area contributed by atoms with Gasteiger partial charge in [-0.25, -0.2) is 4.68 Å². The van der Waals surface area contributed by atoms with Crippen molar-refractivity contribution in [2.45, 2.75) is 24.7 Å². The Balaban J connectivity index is 1.43. The van der Waals surface area contributed by atoms with Gasteiger partial charge in [0.25, 0.3) is 5.91 Å². The van der Waals surface area contributed by atoms with E-state index in [-0.39, 0.29) is 17.9 Å². The highest BCUT2D eigenvalue weighted by Gasteiger charge is 2.43. The van der Waals surface area contributed by atoms with Crippen LogP contribution >= 0.6 is 0 Å². The summed E-state index contributed by atoms with van der Waals surface area (Å²) in [7, 11) is 1.60. The zero-order valence-electron chi connectivity index (χ0n) is 19.1. The van der Waals surface area contributed by atoms with Crippen molar-refractivity contribution >= 4 is 11.6 Å². The summed E-state index contributed by atoms with van der Waals surface area (Å²) in [5, 5.41) is 26.4. The first-order valence-corrected chi connectivity index (χ1v) is 11.5. The van der Waals surface area contributed by atoms with E-state index < -0.39 is 0 Å². The Labute approximate surface area is 198 Å². The van der Waals surface area contributed by atoms with Gasteiger partial charge in [0.2, 0.25) is 0 Å². The SMILES string of the molecule is COc1ccc(-n2nc(C#N)c3c2C(=O)N(c2ccc(C4(CNCCO)CC4)cc2)CC3)cc1. The monoisotopic (exact) mass is 457 g/mol. The van der Waals surface area contributed by atoms with Gasteiger partial charge in [-0.1, -0.05) is 12.1 Å². The first-order chi connectivity index (χ1) is 16.6. The molecule has 0 atom stereocenters. The zero-order chi connectivity index (χ0) is 23.7. The number of nitrogens with zero attached hydrogens (tertiary/aromatic N) is 4. The Kier molecular flexibility index (Phi) is 5.82. The van der Waals surface area contributed by atoms with Crippen LogP contribution in [0.25, 0.3) is 5.69 Å². The minimum Gasteiger partial charge on any atom is -0.497 e. The Morgan fingerprint density at radius 3 is 2.47 bits per heavy atom. The van der Waals surface area contributed by atoms with E-state index in [1.165, 1.54) is 5.56 Å². The maximum Gasteiger partial charge on any atom is 0.277 e. The van der Waals surface area contributed by atoms with E-state index >= 15 is 0 Å². The number of aliphatic hydroxyl groups excluding tert-OH is 1. The van der Waals surface area contributed by atoms with Crippen molar-refractivity contribution in [3.63, 3.8) is 0 Å². The van der Waals surface area contributed by atoms with Crippen LogP contribution in [0.3, 0.4) is 0 Å². The fourth-order valence-corrected chi connectivity index (χ4v) is 4.73. The molecule has 2 N–H and O–H groups in total. The maximum absolute atomic E-state index is 13.6. The van der Waals surface area contributed by atoms with E-state index in [2.05, 4.69) is 28.6 Å². The predicted molar refractivity (Wildman–Crippen MR) is 128 cm³/mol. The third kappa shape index (κ3) is 3.83. The van der Waals surface area contributed by atoms with Crippen LogP contribution in [0.4, 0.5) is 5.69 Å². The number of ether oxygens (including phenoxy) is 1. The molecule has 0 bridgehead atoms. The number of hydrogen-bond acceptors (Lipinski definition) is 6. The number of benzene rings is 2. The second kappa shape index (κ2) is 8.93. The standard InChI is InChI=1S/C26H27N5O3/c1-34-21-8-6-20(7-9-21)31-24-22(23(16-27)29-31)10-14-30(25(24)33)19-4-2-18(3-5-19)26(11-12-26)17-28-13-15-32/h2-9,28,32H,10-15,17H2,1H3. The van der Waals surface area contributed by atoms with Crippen molar-refractivity contribution in [2.75, 3.05) is 38.3 Å². The maximum atomic E-state index is 13.6. The van der Waals surface area contributed by atoms with Crippen molar-refractivity contribution in [3.05, 3.63) is 71.0 Å². The summed E-state index contributed by atoms with van der Waals surface area (Å²) in [6, 6.07) is 17.6. The Morgan fingerprint density at radius 2 is 1.85 bits per heavy atom. The predicted octanol–water partition coefficient (Wildman–Crippen LogP) is 2.57. The number of amides is 1. The molecule has 0 saturated heterocycles. The number of carbonyl (C=O) groups is 1. The number of hydrogen-bond donors (Lipinski definition) is 2. The van der Waals surface area contributed by atoms with Crippen LogP contribution in [-0.2, 0) is 11.8 Å². The third-order valence-electron chi connectivity index (χ3n) is 6.84. The topological polar surface area (TPSA) is 103 Å². The second-order valence-corrected chi connectivity index (χ2v) is 8.83. The summed E-state index contributed by atoms with van der Waals surface area (Å²) in [6.07, 6.45) is 2.81. The van der Waals surface area contributed by atoms with Crippen LogP contribution in [-0.4, -0.2) is 54.1 Å². The van der Waals surface area contributed by atoms with Crippen LogP contribution < -0.4 is 15.0 Å². The summed E-state index contributed by atoms with van der Waals surface area (Å²) in [6.45, 7) is 2.07. The largest absolute Gasteiger partial charge is 0.497 e. The lowest BCUT2D eigenvalue weighted by molar-refractivity contribution is 0.0973. The molecule has 1 fully saturated rings. The highest BCUT2D eigenvalue weighted by molar-refractivity contribution is 6.07. The quantitative estimate of drug-likeness (QED) is 0.504. The molecule has 8 heteroatoms. The van der Waals surface area contributed by atoms with Gasteiger partial charge in [-0.3, -0.25) is 4.79 Å². The molecule has 8 nitrogen and oxygen atoms in total. The minimum atomic E-state index is -0.162. The molecule has 1 amide bonds. The molecule has 0 radical (unpaired) electrons. The zero-order valence-corrected chi connectivity index (χ0v) is 19.1. The van der Waals surface area contributed by atoms with E-state index in [4.69, 9.17) is 9.84 Å². The molecule has 174 valence electrons. The first kappa shape index (κ1) is 22.1. The highest BCUT2D eigenvalue weighted by atomic mass is 16.5. The Bertz CT molecular complexity index is 1240. The van der Waals surface area contributed by atoms with Crippen LogP contribution in [0.1, 0.15) is 40.2 Å². The smallest absolute Gasteiger partial charge is 0.277 e. The molecule has 1 aromatic heterocycles. The van der Waals surface area contributed by atoms with Gasteiger partial charge in [0, 0.05) is 36.3 Å². The fraction of sp³-hybridized carbons (Fsp3) is 0.346. The lowest BCUT2D eigenvalue weighted by atomic mass is 9.95. The summed E-state index contributed by atoms with van der Waals surface area (Å²) in [4.78, 5) is 15.4. The molecule has 1 aliphatic carbocycles. The summed E-state index contributed by atoms with van der Waals surface area (Å²) in [5.74, 6) is 0.544. The molecule has 5 rings (SSSR count). The summed E-state index contributed by atoms with van der Waals surface area (Å²) < 4.78 is 6.80. The molecule has 0 unspecified atom stereocenters. The molecule has 2 aliphatic rings. The number of aliphatic hydroxyl groups is 1. The van der Waals surface area contributed by atoms with Gasteiger partial charge in [-0.05, 0) is 61.2 Å². The van der Waals surface area contributed by atoms with Gasteiger partial charge >= 0.3 is 0 Å². The number of rotatable bonds is 8. The van der Waals surface area contributed by atoms with Crippen molar-refractivity contribution in [3.8, 4) is 17.5 Å². The highest BCUT2D eigenvalue weighted by Crippen LogP contribution is 2.48. The van der Waals surface area contributed by atoms with Crippen LogP contribution in [0, 0.1) is 11.3 Å². The molecule has 1 saturated carbocycles. The molecular formula is C26H27N5O3. The molecule has 0 spiro atoms. The third-order valence-corrected chi connectivity index (χ3v) is 6.84. The van der Waals surface area contributed by atoms with E-state index in [1.54, 1.807) is 16.7 Å². The average molecular weight is 458 g/mol. The van der Waals surface area contributed by atoms with Crippen molar-refractivity contribution < 1.29 is 14.6 Å². The van der Waals surface area contributed by atoms with E-state index in [1.807, 2.05) is 36.4 Å². The van der Waals surface area contributed by atoms with Gasteiger partial charge in [0.05, 0.1) is 19.4 Å². The summed E-state index contributed by atoms with van der Waals surface area (Å²) in [5.41, 5.74) is 4.34. The first-order valence-electron chi connectivity index (χ1n) is 11.5. The number of aromatic nitrogens is 2. The fourth-order valence-electron chi connectivity index (χ4n) is 4.73. The van der Waals surface area contributed by atoms with Crippen molar-refractivity contribution in [1.29, 1.82) is 5.26 Å². The Hall–Kier alpha value is -3.67. The number of nitrogens with one attached hydrogen (secondary N) is 1. The molecule has 2 heterocycles. The van der Waals surface area contributed by atoms with E-state index in [0.29, 0.717) is 47.9 Å². The van der Waals surface area contributed by atoms with Crippen molar-refractivity contribution in [2.24, 2.45) is 0 Å². The van der Waals surface area contributed by atoms with Gasteiger partial charge in [0.15, 0.2) is 5.69 Å². The number of nitriles is 1. The minimum absolute atomic E-state index is 0.126. The van der Waals surface area contributed by atoms with Gasteiger partial charge in [0.1, 0.15) is 17.5 Å². The molecule has 34 heavy (non-hydrogen) atoms. The van der Waals surface area contributed by atoms with Crippen LogP contribution in [0.2, 0.25) is 0 Å². The normalized spacial score (nSPS) is 16.1. The van der Waals surface area contributed by atoms with Gasteiger partial charge < -0.3 is 20.1 Å². The van der Waals surface area contributed by atoms with Gasteiger partial charge in [-0.15, -0.1) is 0 Å². The molecular weight excluding hydrogens is 430 g/mol. The number of methoxy groups -OCH3 is 1. The number of fused-ring (bicyclic) bond motifs is 1. The molecule has 1 aliphatic heterocycles. The van der Waals surface area contributed by atoms with E-state index in [0.717, 1.165) is 25.1 Å². The number of carbonyl (C=O) groups excluding carboxylic acids is 1. The lowest BCUT2D eigenvalue weighted by Gasteiger charge is -2.28. The Morgan fingerprint density at radius 1 is 1.15 bits per heavy atom. The number of anilines is 1.